The number of nitrogens with zero attached hydrogens (tertiary/aromatic N) is 1. The maximum atomic E-state index is 12.2. The van der Waals surface area contributed by atoms with E-state index in [4.69, 9.17) is 0 Å². The van der Waals surface area contributed by atoms with E-state index < -0.39 is 10.0 Å². The van der Waals surface area contributed by atoms with Gasteiger partial charge in [0.05, 0.1) is 4.90 Å². The molecule has 0 bridgehead atoms. The number of benzene rings is 1. The van der Waals surface area contributed by atoms with E-state index in [1.54, 1.807) is 12.1 Å². The monoisotopic (exact) mass is 297 g/mol. The van der Waals surface area contributed by atoms with Gasteiger partial charge in [0.25, 0.3) is 0 Å². The predicted octanol–water partition coefficient (Wildman–Crippen LogP) is 1.27. The summed E-state index contributed by atoms with van der Waals surface area (Å²) in [6.07, 6.45) is 0.961. The van der Waals surface area contributed by atoms with Gasteiger partial charge in [-0.25, -0.2) is 13.1 Å². The molecule has 1 aromatic rings. The molecule has 0 saturated heterocycles. The molecular formula is C14H23N3O2S. The molecule has 20 heavy (non-hydrogen) atoms. The van der Waals surface area contributed by atoms with E-state index in [0.717, 1.165) is 18.7 Å². The summed E-state index contributed by atoms with van der Waals surface area (Å²) in [4.78, 5) is 2.44. The van der Waals surface area contributed by atoms with Gasteiger partial charge in [-0.15, -0.1) is 0 Å². The van der Waals surface area contributed by atoms with Crippen molar-refractivity contribution >= 4 is 15.7 Å². The fraction of sp³-hybridized carbons (Fsp3) is 0.571. The van der Waals surface area contributed by atoms with Crippen LogP contribution in [0, 0.1) is 0 Å². The normalized spacial score (nSPS) is 14.7. The first-order valence-corrected chi connectivity index (χ1v) is 8.45. The maximum absolute atomic E-state index is 12.2. The molecule has 1 heterocycles. The second-order valence-electron chi connectivity index (χ2n) is 5.47. The van der Waals surface area contributed by atoms with Crippen LogP contribution in [0.5, 0.6) is 0 Å². The van der Waals surface area contributed by atoms with Crippen molar-refractivity contribution in [3.63, 3.8) is 0 Å². The van der Waals surface area contributed by atoms with Gasteiger partial charge in [0.2, 0.25) is 10.0 Å². The average Bonchev–Trinajstić information content (AvgIpc) is 2.85. The van der Waals surface area contributed by atoms with Crippen molar-refractivity contribution in [1.82, 2.24) is 9.62 Å². The molecule has 1 aliphatic heterocycles. The highest BCUT2D eigenvalue weighted by atomic mass is 32.2. The Morgan fingerprint density at radius 2 is 2.15 bits per heavy atom. The van der Waals surface area contributed by atoms with Crippen molar-refractivity contribution in [3.8, 4) is 0 Å². The summed E-state index contributed by atoms with van der Waals surface area (Å²) in [5.74, 6) is 0. The lowest BCUT2D eigenvalue weighted by atomic mass is 10.2. The lowest BCUT2D eigenvalue weighted by Gasteiger charge is -2.20. The Balaban J connectivity index is 2.00. The van der Waals surface area contributed by atoms with Crippen LogP contribution in [0.4, 0.5) is 5.69 Å². The highest BCUT2D eigenvalue weighted by molar-refractivity contribution is 7.89. The van der Waals surface area contributed by atoms with Gasteiger partial charge >= 0.3 is 0 Å². The van der Waals surface area contributed by atoms with Crippen LogP contribution in [-0.2, 0) is 16.4 Å². The molecule has 0 aromatic heterocycles. The fourth-order valence-electron chi connectivity index (χ4n) is 2.14. The van der Waals surface area contributed by atoms with Crippen LogP contribution in [0.25, 0.3) is 0 Å². The molecule has 112 valence electrons. The van der Waals surface area contributed by atoms with E-state index >= 15 is 0 Å². The molecule has 0 spiro atoms. The first-order valence-electron chi connectivity index (χ1n) is 6.97. The van der Waals surface area contributed by atoms with Gasteiger partial charge in [-0.3, -0.25) is 0 Å². The van der Waals surface area contributed by atoms with Gasteiger partial charge in [0.1, 0.15) is 0 Å². The van der Waals surface area contributed by atoms with Crippen molar-refractivity contribution in [2.45, 2.75) is 31.2 Å². The summed E-state index contributed by atoms with van der Waals surface area (Å²) in [7, 11) is -1.44. The van der Waals surface area contributed by atoms with E-state index in [1.807, 2.05) is 13.1 Å². The van der Waals surface area contributed by atoms with Gasteiger partial charge in [0, 0.05) is 31.4 Å². The molecule has 0 aliphatic carbocycles. The number of sulfonamides is 1. The Bertz CT molecular complexity index is 570. The fourth-order valence-corrected chi connectivity index (χ4v) is 3.18. The molecular weight excluding hydrogens is 274 g/mol. The SMILES string of the molecule is CC(C)N(C)CCNS(=O)(=O)c1ccc2c(c1)NCC2. The van der Waals surface area contributed by atoms with Crippen LogP contribution in [0.3, 0.4) is 0 Å². The third-order valence-electron chi connectivity index (χ3n) is 3.74. The quantitative estimate of drug-likeness (QED) is 0.830. The lowest BCUT2D eigenvalue weighted by molar-refractivity contribution is 0.278. The Kier molecular flexibility index (Phi) is 4.67. The molecule has 6 heteroatoms. The zero-order valence-corrected chi connectivity index (χ0v) is 13.1. The van der Waals surface area contributed by atoms with Gasteiger partial charge in [-0.2, -0.15) is 0 Å². The largest absolute Gasteiger partial charge is 0.384 e. The van der Waals surface area contributed by atoms with Crippen LogP contribution in [0.1, 0.15) is 19.4 Å². The number of rotatable bonds is 6. The number of likely N-dealkylation sites (N-methyl/N-ethyl adjacent to an activating group) is 1. The Labute approximate surface area is 121 Å². The zero-order valence-electron chi connectivity index (χ0n) is 12.3. The number of fused-ring (bicyclic) bond motifs is 1. The van der Waals surface area contributed by atoms with Crippen molar-refractivity contribution in [3.05, 3.63) is 23.8 Å². The molecule has 2 N–H and O–H groups in total. The first-order chi connectivity index (χ1) is 9.40. The van der Waals surface area contributed by atoms with Crippen molar-refractivity contribution < 1.29 is 8.42 Å². The topological polar surface area (TPSA) is 61.4 Å². The molecule has 1 aromatic carbocycles. The summed E-state index contributed by atoms with van der Waals surface area (Å²) >= 11 is 0. The molecule has 0 fully saturated rings. The van der Waals surface area contributed by atoms with Crippen LogP contribution >= 0.6 is 0 Å². The Hall–Kier alpha value is -1.11. The number of nitrogens with one attached hydrogen (secondary N) is 2. The summed E-state index contributed by atoms with van der Waals surface area (Å²) < 4.78 is 27.1. The van der Waals surface area contributed by atoms with Crippen LogP contribution in [0.2, 0.25) is 0 Å². The molecule has 5 nitrogen and oxygen atoms in total. The smallest absolute Gasteiger partial charge is 0.240 e. The maximum Gasteiger partial charge on any atom is 0.240 e. The highest BCUT2D eigenvalue weighted by Crippen LogP contribution is 2.25. The highest BCUT2D eigenvalue weighted by Gasteiger charge is 2.18. The van der Waals surface area contributed by atoms with Crippen LogP contribution in [-0.4, -0.2) is 46.0 Å². The Morgan fingerprint density at radius 3 is 2.85 bits per heavy atom. The van der Waals surface area contributed by atoms with E-state index in [-0.39, 0.29) is 0 Å². The molecule has 0 unspecified atom stereocenters. The second-order valence-corrected chi connectivity index (χ2v) is 7.23. The second kappa shape index (κ2) is 6.11. The first kappa shape index (κ1) is 15.3. The van der Waals surface area contributed by atoms with Crippen molar-refractivity contribution in [2.24, 2.45) is 0 Å². The average molecular weight is 297 g/mol. The summed E-state index contributed by atoms with van der Waals surface area (Å²) in [6.45, 7) is 6.16. The van der Waals surface area contributed by atoms with E-state index in [0.29, 0.717) is 24.0 Å². The standard InChI is InChI=1S/C14H23N3O2S/c1-11(2)17(3)9-8-16-20(18,19)13-5-4-12-6-7-15-14(12)10-13/h4-5,10-11,15-16H,6-9H2,1-3H3. The number of hydrogen-bond acceptors (Lipinski definition) is 4. The van der Waals surface area contributed by atoms with Crippen LogP contribution < -0.4 is 10.0 Å². The summed E-state index contributed by atoms with van der Waals surface area (Å²) in [5, 5.41) is 3.20. The minimum atomic E-state index is -3.42. The van der Waals surface area contributed by atoms with Crippen LogP contribution in [0.15, 0.2) is 23.1 Å². The summed E-state index contributed by atoms with van der Waals surface area (Å²) in [6, 6.07) is 5.70. The van der Waals surface area contributed by atoms with Crippen molar-refractivity contribution in [2.75, 3.05) is 32.0 Å². The number of anilines is 1. The van der Waals surface area contributed by atoms with Gasteiger partial charge in [0.15, 0.2) is 0 Å². The van der Waals surface area contributed by atoms with E-state index in [1.165, 1.54) is 5.56 Å². The Morgan fingerprint density at radius 1 is 1.40 bits per heavy atom. The predicted molar refractivity (Wildman–Crippen MR) is 81.6 cm³/mol. The van der Waals surface area contributed by atoms with E-state index in [2.05, 4.69) is 28.8 Å². The lowest BCUT2D eigenvalue weighted by Crippen LogP contribution is -2.36. The summed E-state index contributed by atoms with van der Waals surface area (Å²) in [5.41, 5.74) is 2.12. The van der Waals surface area contributed by atoms with Gasteiger partial charge in [-0.05, 0) is 45.0 Å². The van der Waals surface area contributed by atoms with E-state index in [9.17, 15) is 8.42 Å². The molecule has 0 radical (unpaired) electrons. The minimum Gasteiger partial charge on any atom is -0.384 e. The molecule has 1 aliphatic rings. The van der Waals surface area contributed by atoms with Gasteiger partial charge < -0.3 is 10.2 Å². The zero-order chi connectivity index (χ0) is 14.8. The third kappa shape index (κ3) is 3.50. The molecule has 0 amide bonds. The van der Waals surface area contributed by atoms with Crippen molar-refractivity contribution in [1.29, 1.82) is 0 Å². The molecule has 0 saturated carbocycles. The minimum absolute atomic E-state index is 0.331. The number of hydrogen-bond donors (Lipinski definition) is 2. The molecule has 0 atom stereocenters. The third-order valence-corrected chi connectivity index (χ3v) is 5.20. The molecule has 2 rings (SSSR count). The van der Waals surface area contributed by atoms with Gasteiger partial charge in [-0.1, -0.05) is 6.07 Å².